The summed E-state index contributed by atoms with van der Waals surface area (Å²) in [6.07, 6.45) is 2.19. The number of amides is 1. The summed E-state index contributed by atoms with van der Waals surface area (Å²) in [5, 5.41) is 0. The predicted molar refractivity (Wildman–Crippen MR) is 72.4 cm³/mol. The lowest BCUT2D eigenvalue weighted by Crippen LogP contribution is -2.35. The number of benzene rings is 1. The Hall–Kier alpha value is -1.84. The Bertz CT molecular complexity index is 436. The third-order valence-corrected chi connectivity index (χ3v) is 3.18. The summed E-state index contributed by atoms with van der Waals surface area (Å²) in [7, 11) is 0. The molecule has 1 amide bonds. The Balaban J connectivity index is 2.05. The molecule has 2 N–H and O–H groups in total. The minimum atomic E-state index is -0.400. The Kier molecular flexibility index (Phi) is 3.97. The number of rotatable bonds is 3. The monoisotopic (exact) mass is 245 g/mol. The fourth-order valence-electron chi connectivity index (χ4n) is 2.15. The maximum atomic E-state index is 12.1. The van der Waals surface area contributed by atoms with E-state index in [1.807, 2.05) is 35.2 Å². The van der Waals surface area contributed by atoms with Gasteiger partial charge in [-0.15, -0.1) is 0 Å². The first-order valence-electron chi connectivity index (χ1n) is 6.36. The molecule has 1 unspecified atom stereocenters. The molecule has 1 saturated heterocycles. The van der Waals surface area contributed by atoms with Crippen molar-refractivity contribution in [2.24, 2.45) is 10.7 Å². The highest BCUT2D eigenvalue weighted by molar-refractivity contribution is 5.99. The van der Waals surface area contributed by atoms with Crippen LogP contribution >= 0.6 is 0 Å². The van der Waals surface area contributed by atoms with Crippen molar-refractivity contribution in [1.82, 2.24) is 4.90 Å². The average molecular weight is 245 g/mol. The largest absolute Gasteiger partial charge is 0.383 e. The molecule has 2 rings (SSSR count). The first-order valence-corrected chi connectivity index (χ1v) is 6.36. The molecule has 1 aromatic rings. The van der Waals surface area contributed by atoms with Crippen LogP contribution in [-0.4, -0.2) is 35.8 Å². The van der Waals surface area contributed by atoms with Gasteiger partial charge in [-0.3, -0.25) is 9.79 Å². The van der Waals surface area contributed by atoms with Gasteiger partial charge in [0.1, 0.15) is 11.9 Å². The number of amidine groups is 1. The van der Waals surface area contributed by atoms with Crippen molar-refractivity contribution in [2.45, 2.75) is 25.8 Å². The molecule has 0 aromatic heterocycles. The molecule has 18 heavy (non-hydrogen) atoms. The van der Waals surface area contributed by atoms with Crippen LogP contribution in [-0.2, 0) is 4.79 Å². The van der Waals surface area contributed by atoms with Crippen molar-refractivity contribution in [3.05, 3.63) is 35.9 Å². The second-order valence-electron chi connectivity index (χ2n) is 4.59. The minimum Gasteiger partial charge on any atom is -0.383 e. The summed E-state index contributed by atoms with van der Waals surface area (Å²) in [4.78, 5) is 18.2. The van der Waals surface area contributed by atoms with Gasteiger partial charge in [-0.25, -0.2) is 0 Å². The molecule has 1 atom stereocenters. The number of nitrogens with zero attached hydrogens (tertiary/aromatic N) is 2. The zero-order valence-electron chi connectivity index (χ0n) is 10.7. The van der Waals surface area contributed by atoms with E-state index < -0.39 is 6.04 Å². The number of carbonyl (C=O) groups excluding carboxylic acids is 1. The summed E-state index contributed by atoms with van der Waals surface area (Å²) in [6.45, 7) is 3.50. The molecular formula is C14H19N3O. The minimum absolute atomic E-state index is 0.0754. The molecule has 1 aromatic carbocycles. The molecule has 0 saturated carbocycles. The number of nitrogens with two attached hydrogens (primary N) is 1. The highest BCUT2D eigenvalue weighted by Gasteiger charge is 2.22. The Morgan fingerprint density at radius 3 is 2.50 bits per heavy atom. The number of likely N-dealkylation sites (tertiary alicyclic amines) is 1. The van der Waals surface area contributed by atoms with Crippen LogP contribution in [0.25, 0.3) is 0 Å². The standard InChI is InChI=1S/C14H19N3O/c1-11(14(18)17-9-5-6-10-17)16-13(15)12-7-3-2-4-8-12/h2-4,7-8,11H,5-6,9-10H2,1H3,(H2,15,16). The van der Waals surface area contributed by atoms with Gasteiger partial charge in [0.2, 0.25) is 5.91 Å². The summed E-state index contributed by atoms with van der Waals surface area (Å²) in [6, 6.07) is 9.13. The van der Waals surface area contributed by atoms with Gasteiger partial charge in [-0.2, -0.15) is 0 Å². The zero-order chi connectivity index (χ0) is 13.0. The Morgan fingerprint density at radius 2 is 1.89 bits per heavy atom. The van der Waals surface area contributed by atoms with Gasteiger partial charge >= 0.3 is 0 Å². The lowest BCUT2D eigenvalue weighted by Gasteiger charge is -2.18. The molecule has 1 aliphatic rings. The molecule has 4 nitrogen and oxygen atoms in total. The molecule has 0 aliphatic carbocycles. The first-order chi connectivity index (χ1) is 8.68. The van der Waals surface area contributed by atoms with Gasteiger partial charge in [0, 0.05) is 18.7 Å². The average Bonchev–Trinajstić information content (AvgIpc) is 2.92. The van der Waals surface area contributed by atoms with Gasteiger partial charge in [-0.1, -0.05) is 30.3 Å². The van der Waals surface area contributed by atoms with E-state index in [4.69, 9.17) is 5.73 Å². The maximum absolute atomic E-state index is 12.1. The van der Waals surface area contributed by atoms with Crippen LogP contribution in [0.5, 0.6) is 0 Å². The van der Waals surface area contributed by atoms with Crippen LogP contribution < -0.4 is 5.73 Å². The molecule has 0 bridgehead atoms. The highest BCUT2D eigenvalue weighted by atomic mass is 16.2. The lowest BCUT2D eigenvalue weighted by molar-refractivity contribution is -0.131. The van der Waals surface area contributed by atoms with Gasteiger partial charge in [0.15, 0.2) is 0 Å². The van der Waals surface area contributed by atoms with Gasteiger partial charge in [0.05, 0.1) is 0 Å². The van der Waals surface area contributed by atoms with E-state index >= 15 is 0 Å². The summed E-state index contributed by atoms with van der Waals surface area (Å²) in [5.74, 6) is 0.502. The van der Waals surface area contributed by atoms with Crippen LogP contribution in [0.2, 0.25) is 0 Å². The number of aliphatic imine (C=N–C) groups is 1. The van der Waals surface area contributed by atoms with Crippen molar-refractivity contribution in [3.63, 3.8) is 0 Å². The van der Waals surface area contributed by atoms with Crippen LogP contribution in [0.3, 0.4) is 0 Å². The van der Waals surface area contributed by atoms with E-state index in [0.29, 0.717) is 5.84 Å². The van der Waals surface area contributed by atoms with E-state index in [1.54, 1.807) is 6.92 Å². The molecule has 1 heterocycles. The molecule has 96 valence electrons. The number of carbonyl (C=O) groups is 1. The molecule has 4 heteroatoms. The SMILES string of the molecule is CC(N=C(N)c1ccccc1)C(=O)N1CCCC1. The Labute approximate surface area is 108 Å². The normalized spacial score (nSPS) is 17.8. The smallest absolute Gasteiger partial charge is 0.247 e. The lowest BCUT2D eigenvalue weighted by atomic mass is 10.2. The van der Waals surface area contributed by atoms with E-state index in [-0.39, 0.29) is 5.91 Å². The number of hydrogen-bond acceptors (Lipinski definition) is 2. The van der Waals surface area contributed by atoms with E-state index in [9.17, 15) is 4.79 Å². The van der Waals surface area contributed by atoms with E-state index in [0.717, 1.165) is 31.5 Å². The molecule has 0 radical (unpaired) electrons. The summed E-state index contributed by atoms with van der Waals surface area (Å²) in [5.41, 5.74) is 6.77. The topological polar surface area (TPSA) is 58.7 Å². The van der Waals surface area contributed by atoms with Crippen LogP contribution in [0.15, 0.2) is 35.3 Å². The molecule has 1 fully saturated rings. The van der Waals surface area contributed by atoms with Crippen molar-refractivity contribution < 1.29 is 4.79 Å². The molecule has 0 spiro atoms. The molecular weight excluding hydrogens is 226 g/mol. The second-order valence-corrected chi connectivity index (χ2v) is 4.59. The van der Waals surface area contributed by atoms with Crippen molar-refractivity contribution in [2.75, 3.05) is 13.1 Å². The second kappa shape index (κ2) is 5.67. The summed E-state index contributed by atoms with van der Waals surface area (Å²) >= 11 is 0. The Morgan fingerprint density at radius 1 is 1.28 bits per heavy atom. The third-order valence-electron chi connectivity index (χ3n) is 3.18. The van der Waals surface area contributed by atoms with Crippen LogP contribution in [0.4, 0.5) is 0 Å². The van der Waals surface area contributed by atoms with Crippen molar-refractivity contribution in [1.29, 1.82) is 0 Å². The quantitative estimate of drug-likeness (QED) is 0.646. The third kappa shape index (κ3) is 2.88. The highest BCUT2D eigenvalue weighted by Crippen LogP contribution is 2.10. The maximum Gasteiger partial charge on any atom is 0.247 e. The predicted octanol–water partition coefficient (Wildman–Crippen LogP) is 1.40. The molecule has 1 aliphatic heterocycles. The fourth-order valence-corrected chi connectivity index (χ4v) is 2.15. The summed E-state index contributed by atoms with van der Waals surface area (Å²) < 4.78 is 0. The van der Waals surface area contributed by atoms with Crippen molar-refractivity contribution >= 4 is 11.7 Å². The van der Waals surface area contributed by atoms with E-state index in [1.165, 1.54) is 0 Å². The fraction of sp³-hybridized carbons (Fsp3) is 0.429. The van der Waals surface area contributed by atoms with Gasteiger partial charge in [-0.05, 0) is 19.8 Å². The van der Waals surface area contributed by atoms with Gasteiger partial charge < -0.3 is 10.6 Å². The van der Waals surface area contributed by atoms with E-state index in [2.05, 4.69) is 4.99 Å². The first kappa shape index (κ1) is 12.6. The van der Waals surface area contributed by atoms with Crippen molar-refractivity contribution in [3.8, 4) is 0 Å². The number of hydrogen-bond donors (Lipinski definition) is 1. The van der Waals surface area contributed by atoms with Gasteiger partial charge in [0.25, 0.3) is 0 Å². The van der Waals surface area contributed by atoms with Crippen LogP contribution in [0.1, 0.15) is 25.3 Å². The van der Waals surface area contributed by atoms with Crippen LogP contribution in [0, 0.1) is 0 Å². The zero-order valence-corrected chi connectivity index (χ0v) is 10.7.